The van der Waals surface area contributed by atoms with Crippen LogP contribution in [0.25, 0.3) is 10.1 Å². The first-order valence-electron chi connectivity index (χ1n) is 6.33. The van der Waals surface area contributed by atoms with Gasteiger partial charge in [0.2, 0.25) is 5.91 Å². The Balaban J connectivity index is 1.58. The standard InChI is InChI=1S/C15H12ClNO2S2/c16-14-11-5-1-2-6-12(11)21-15(14)20-9-13(18)17-8-10-4-3-7-19-10/h1-7H,8-9H2,(H,17,18). The highest BCUT2D eigenvalue weighted by atomic mass is 35.5. The van der Waals surface area contributed by atoms with Gasteiger partial charge in [-0.1, -0.05) is 29.8 Å². The summed E-state index contributed by atoms with van der Waals surface area (Å²) in [6.45, 7) is 0.409. The monoisotopic (exact) mass is 337 g/mol. The van der Waals surface area contributed by atoms with Crippen molar-refractivity contribution in [1.82, 2.24) is 5.32 Å². The summed E-state index contributed by atoms with van der Waals surface area (Å²) in [5.41, 5.74) is 0. The first-order valence-corrected chi connectivity index (χ1v) is 8.51. The molecule has 0 saturated carbocycles. The molecule has 0 bridgehead atoms. The van der Waals surface area contributed by atoms with Crippen molar-refractivity contribution in [3.05, 3.63) is 53.4 Å². The number of hydrogen-bond acceptors (Lipinski definition) is 4. The number of nitrogens with one attached hydrogen (secondary N) is 1. The second kappa shape index (κ2) is 6.56. The summed E-state index contributed by atoms with van der Waals surface area (Å²) >= 11 is 9.42. The Labute approximate surface area is 135 Å². The van der Waals surface area contributed by atoms with Crippen LogP contribution in [0, 0.1) is 0 Å². The number of fused-ring (bicyclic) bond motifs is 1. The van der Waals surface area contributed by atoms with Gasteiger partial charge < -0.3 is 9.73 Å². The van der Waals surface area contributed by atoms with Gasteiger partial charge in [-0.25, -0.2) is 0 Å². The topological polar surface area (TPSA) is 42.2 Å². The van der Waals surface area contributed by atoms with Crippen molar-refractivity contribution in [2.45, 2.75) is 10.8 Å². The van der Waals surface area contributed by atoms with E-state index in [9.17, 15) is 4.79 Å². The van der Waals surface area contributed by atoms with Gasteiger partial charge in [-0.15, -0.1) is 23.1 Å². The van der Waals surface area contributed by atoms with Crippen LogP contribution in [0.4, 0.5) is 0 Å². The van der Waals surface area contributed by atoms with Gasteiger partial charge in [0.15, 0.2) is 0 Å². The van der Waals surface area contributed by atoms with E-state index in [1.165, 1.54) is 11.8 Å². The number of thiophene rings is 1. The molecule has 0 unspecified atom stereocenters. The lowest BCUT2D eigenvalue weighted by atomic mass is 10.3. The van der Waals surface area contributed by atoms with E-state index in [2.05, 4.69) is 5.32 Å². The van der Waals surface area contributed by atoms with E-state index in [1.807, 2.05) is 30.3 Å². The van der Waals surface area contributed by atoms with Crippen molar-refractivity contribution < 1.29 is 9.21 Å². The fraction of sp³-hybridized carbons (Fsp3) is 0.133. The number of rotatable bonds is 5. The molecule has 3 rings (SSSR count). The number of furan rings is 1. The summed E-state index contributed by atoms with van der Waals surface area (Å²) in [5.74, 6) is 1.05. The van der Waals surface area contributed by atoms with Gasteiger partial charge in [0.1, 0.15) is 5.76 Å². The van der Waals surface area contributed by atoms with Gasteiger partial charge in [0.05, 0.1) is 27.8 Å². The van der Waals surface area contributed by atoms with Crippen LogP contribution in [0.1, 0.15) is 5.76 Å². The van der Waals surface area contributed by atoms with E-state index in [0.29, 0.717) is 12.3 Å². The summed E-state index contributed by atoms with van der Waals surface area (Å²) in [7, 11) is 0. The Morgan fingerprint density at radius 1 is 1.29 bits per heavy atom. The molecule has 0 aliphatic rings. The summed E-state index contributed by atoms with van der Waals surface area (Å²) in [5, 5.41) is 4.60. The molecule has 0 aliphatic carbocycles. The summed E-state index contributed by atoms with van der Waals surface area (Å²) in [6, 6.07) is 11.6. The first-order chi connectivity index (χ1) is 10.2. The lowest BCUT2D eigenvalue weighted by Gasteiger charge is -2.02. The predicted octanol–water partition coefficient (Wildman–Crippen LogP) is 4.56. The van der Waals surface area contributed by atoms with Gasteiger partial charge in [-0.2, -0.15) is 0 Å². The van der Waals surface area contributed by atoms with Crippen LogP contribution < -0.4 is 5.32 Å². The maximum absolute atomic E-state index is 11.8. The van der Waals surface area contributed by atoms with Gasteiger partial charge in [0, 0.05) is 10.1 Å². The summed E-state index contributed by atoms with van der Waals surface area (Å²) < 4.78 is 7.28. The highest BCUT2D eigenvalue weighted by molar-refractivity contribution is 8.02. The van der Waals surface area contributed by atoms with E-state index in [1.54, 1.807) is 23.7 Å². The molecule has 21 heavy (non-hydrogen) atoms. The molecule has 2 aromatic heterocycles. The molecule has 3 nitrogen and oxygen atoms in total. The van der Waals surface area contributed by atoms with Crippen molar-refractivity contribution >= 4 is 50.7 Å². The van der Waals surface area contributed by atoms with Crippen molar-refractivity contribution in [1.29, 1.82) is 0 Å². The highest BCUT2D eigenvalue weighted by Gasteiger charge is 2.12. The second-order valence-corrected chi connectivity index (χ2v) is 7.02. The van der Waals surface area contributed by atoms with Crippen molar-refractivity contribution in [3.63, 3.8) is 0 Å². The third kappa shape index (κ3) is 3.43. The van der Waals surface area contributed by atoms with Crippen LogP contribution in [0.5, 0.6) is 0 Å². The molecule has 6 heteroatoms. The number of amides is 1. The zero-order chi connectivity index (χ0) is 14.7. The molecular formula is C15H12ClNO2S2. The Bertz CT molecular complexity index is 752. The Morgan fingerprint density at radius 3 is 2.90 bits per heavy atom. The molecule has 1 aromatic carbocycles. The quantitative estimate of drug-likeness (QED) is 0.694. The first kappa shape index (κ1) is 14.5. The van der Waals surface area contributed by atoms with Crippen LogP contribution in [0.15, 0.2) is 51.3 Å². The fourth-order valence-corrected chi connectivity index (χ4v) is 4.47. The largest absolute Gasteiger partial charge is 0.467 e. The average Bonchev–Trinajstić information content (AvgIpc) is 3.12. The minimum Gasteiger partial charge on any atom is -0.467 e. The zero-order valence-corrected chi connectivity index (χ0v) is 13.4. The molecule has 0 atom stereocenters. The third-order valence-corrected chi connectivity index (χ3v) is 5.94. The average molecular weight is 338 g/mol. The molecule has 0 radical (unpaired) electrons. The third-order valence-electron chi connectivity index (χ3n) is 2.88. The van der Waals surface area contributed by atoms with Gasteiger partial charge in [0.25, 0.3) is 0 Å². The second-order valence-electron chi connectivity index (χ2n) is 4.34. The van der Waals surface area contributed by atoms with E-state index in [-0.39, 0.29) is 5.91 Å². The Morgan fingerprint density at radius 2 is 2.14 bits per heavy atom. The molecule has 0 fully saturated rings. The number of carbonyl (C=O) groups excluding carboxylic acids is 1. The minimum atomic E-state index is -0.0371. The summed E-state index contributed by atoms with van der Waals surface area (Å²) in [6.07, 6.45) is 1.59. The molecule has 0 saturated heterocycles. The van der Waals surface area contributed by atoms with E-state index < -0.39 is 0 Å². The van der Waals surface area contributed by atoms with Crippen molar-refractivity contribution in [3.8, 4) is 0 Å². The van der Waals surface area contributed by atoms with E-state index in [0.717, 1.165) is 25.1 Å². The summed E-state index contributed by atoms with van der Waals surface area (Å²) in [4.78, 5) is 11.8. The molecule has 0 aliphatic heterocycles. The van der Waals surface area contributed by atoms with Crippen LogP contribution in [-0.4, -0.2) is 11.7 Å². The molecular weight excluding hydrogens is 326 g/mol. The van der Waals surface area contributed by atoms with Gasteiger partial charge in [-0.3, -0.25) is 4.79 Å². The number of hydrogen-bond donors (Lipinski definition) is 1. The molecule has 1 N–H and O–H groups in total. The lowest BCUT2D eigenvalue weighted by Crippen LogP contribution is -2.24. The molecule has 2 heterocycles. The molecule has 3 aromatic rings. The minimum absolute atomic E-state index is 0.0371. The Kier molecular flexibility index (Phi) is 4.53. The number of benzene rings is 1. The molecule has 1 amide bonds. The van der Waals surface area contributed by atoms with Crippen LogP contribution >= 0.6 is 34.7 Å². The van der Waals surface area contributed by atoms with E-state index in [4.69, 9.17) is 16.0 Å². The van der Waals surface area contributed by atoms with Crippen LogP contribution in [-0.2, 0) is 11.3 Å². The maximum Gasteiger partial charge on any atom is 0.230 e. The highest BCUT2D eigenvalue weighted by Crippen LogP contribution is 2.41. The van der Waals surface area contributed by atoms with Gasteiger partial charge >= 0.3 is 0 Å². The predicted molar refractivity (Wildman–Crippen MR) is 88.1 cm³/mol. The van der Waals surface area contributed by atoms with Crippen molar-refractivity contribution in [2.75, 3.05) is 5.75 Å². The fourth-order valence-electron chi connectivity index (χ4n) is 1.87. The molecule has 108 valence electrons. The van der Waals surface area contributed by atoms with Gasteiger partial charge in [-0.05, 0) is 18.2 Å². The smallest absolute Gasteiger partial charge is 0.230 e. The van der Waals surface area contributed by atoms with Crippen molar-refractivity contribution in [2.24, 2.45) is 0 Å². The van der Waals surface area contributed by atoms with E-state index >= 15 is 0 Å². The van der Waals surface area contributed by atoms with Crippen LogP contribution in [0.2, 0.25) is 5.02 Å². The van der Waals surface area contributed by atoms with Crippen LogP contribution in [0.3, 0.4) is 0 Å². The molecule has 0 spiro atoms. The SMILES string of the molecule is O=C(CSc1sc2ccccc2c1Cl)NCc1ccco1. The Hall–Kier alpha value is -1.43. The zero-order valence-electron chi connectivity index (χ0n) is 11.0. The number of carbonyl (C=O) groups is 1. The number of halogens is 1. The number of thioether (sulfide) groups is 1. The maximum atomic E-state index is 11.8. The normalized spacial score (nSPS) is 10.9. The lowest BCUT2D eigenvalue weighted by molar-refractivity contribution is -0.118.